The van der Waals surface area contributed by atoms with Gasteiger partial charge in [0.05, 0.1) is 5.69 Å². The third-order valence-electron chi connectivity index (χ3n) is 1.57. The largest absolute Gasteiger partial charge is 0.382 e. The highest BCUT2D eigenvalue weighted by Gasteiger charge is 1.86. The van der Waals surface area contributed by atoms with E-state index < -0.39 is 0 Å². The van der Waals surface area contributed by atoms with Crippen LogP contribution >= 0.6 is 15.9 Å². The summed E-state index contributed by atoms with van der Waals surface area (Å²) < 4.78 is 0.701. The highest BCUT2D eigenvalue weighted by atomic mass is 79.9. The Hall–Kier alpha value is -2.28. The molecule has 20 heavy (non-hydrogen) atoms. The first-order chi connectivity index (χ1) is 9.53. The van der Waals surface area contributed by atoms with Crippen LogP contribution in [0, 0.1) is 0 Å². The summed E-state index contributed by atoms with van der Waals surface area (Å²) in [5.74, 6) is 0.869. The number of nitrogen functional groups attached to an aromatic ring is 2. The summed E-state index contributed by atoms with van der Waals surface area (Å²) in [6, 6.07) is 6.86. The van der Waals surface area contributed by atoms with Crippen molar-refractivity contribution in [2.45, 2.75) is 6.92 Å². The first kappa shape index (κ1) is 17.7. The Bertz CT molecular complexity index is 488. The standard InChI is InChI=1S/C6H7N3.C4H4BrN3.C3H6/c1-2-5-3-4-6(7)9-8-5;5-3-1-2-4(6)8-7-3;1-3-2/h2-4H,1H2,(H2,7,9);1-2H,(H2,6,8);3H,1H2,2H3. The summed E-state index contributed by atoms with van der Waals surface area (Å²) >= 11 is 3.12. The van der Waals surface area contributed by atoms with E-state index in [1.807, 2.05) is 6.92 Å². The number of allylic oxidation sites excluding steroid dienone is 1. The van der Waals surface area contributed by atoms with Gasteiger partial charge < -0.3 is 11.5 Å². The van der Waals surface area contributed by atoms with Crippen molar-refractivity contribution >= 4 is 33.6 Å². The second-order valence-corrected chi connectivity index (χ2v) is 4.09. The van der Waals surface area contributed by atoms with E-state index in [2.05, 4.69) is 49.5 Å². The summed E-state index contributed by atoms with van der Waals surface area (Å²) in [5.41, 5.74) is 11.2. The monoisotopic (exact) mass is 336 g/mol. The molecule has 2 heterocycles. The van der Waals surface area contributed by atoms with Crippen LogP contribution in [-0.2, 0) is 0 Å². The Labute approximate surface area is 126 Å². The van der Waals surface area contributed by atoms with Gasteiger partial charge in [-0.15, -0.1) is 27.0 Å². The van der Waals surface area contributed by atoms with E-state index in [1.54, 1.807) is 36.4 Å². The second-order valence-electron chi connectivity index (χ2n) is 3.28. The van der Waals surface area contributed by atoms with Gasteiger partial charge in [0, 0.05) is 0 Å². The third kappa shape index (κ3) is 8.76. The van der Waals surface area contributed by atoms with Crippen LogP contribution in [0.25, 0.3) is 6.08 Å². The maximum absolute atomic E-state index is 5.27. The number of aromatic nitrogens is 4. The summed E-state index contributed by atoms with van der Waals surface area (Å²) in [6.07, 6.45) is 3.37. The lowest BCUT2D eigenvalue weighted by atomic mass is 10.4. The summed E-state index contributed by atoms with van der Waals surface area (Å²) in [6.45, 7) is 8.77. The van der Waals surface area contributed by atoms with E-state index in [0.29, 0.717) is 16.2 Å². The fourth-order valence-corrected chi connectivity index (χ4v) is 1.000. The van der Waals surface area contributed by atoms with Gasteiger partial charge in [0.15, 0.2) is 0 Å². The van der Waals surface area contributed by atoms with Crippen molar-refractivity contribution in [1.29, 1.82) is 0 Å². The van der Waals surface area contributed by atoms with Crippen LogP contribution in [0.15, 0.2) is 48.1 Å². The number of anilines is 2. The van der Waals surface area contributed by atoms with Crippen LogP contribution in [0.1, 0.15) is 12.6 Å². The maximum Gasteiger partial charge on any atom is 0.146 e. The van der Waals surface area contributed by atoms with Crippen LogP contribution in [0.3, 0.4) is 0 Å². The lowest BCUT2D eigenvalue weighted by Crippen LogP contribution is -1.92. The number of nitrogens with zero attached hydrogens (tertiary/aromatic N) is 4. The molecule has 0 saturated heterocycles. The minimum atomic E-state index is 0.431. The molecule has 0 atom stereocenters. The van der Waals surface area contributed by atoms with Gasteiger partial charge in [0.1, 0.15) is 16.2 Å². The van der Waals surface area contributed by atoms with Crippen molar-refractivity contribution < 1.29 is 0 Å². The summed E-state index contributed by atoms with van der Waals surface area (Å²) in [5, 5.41) is 14.5. The number of rotatable bonds is 1. The van der Waals surface area contributed by atoms with Crippen LogP contribution in [0.2, 0.25) is 0 Å². The van der Waals surface area contributed by atoms with E-state index in [1.165, 1.54) is 0 Å². The SMILES string of the molecule is C=CC.C=Cc1ccc(N)nn1.Nc1ccc(Br)nn1. The Kier molecular flexibility index (Phi) is 9.41. The molecule has 0 spiro atoms. The molecule has 106 valence electrons. The first-order valence-electron chi connectivity index (χ1n) is 5.56. The maximum atomic E-state index is 5.27. The van der Waals surface area contributed by atoms with Crippen molar-refractivity contribution in [3.05, 3.63) is 53.8 Å². The highest BCUT2D eigenvalue weighted by molar-refractivity contribution is 9.10. The molecule has 4 N–H and O–H groups in total. The van der Waals surface area contributed by atoms with Crippen molar-refractivity contribution in [1.82, 2.24) is 20.4 Å². The topological polar surface area (TPSA) is 104 Å². The molecule has 0 bridgehead atoms. The van der Waals surface area contributed by atoms with Gasteiger partial charge in [0.25, 0.3) is 0 Å². The number of hydrogen-bond donors (Lipinski definition) is 2. The minimum Gasteiger partial charge on any atom is -0.382 e. The molecule has 0 unspecified atom stereocenters. The average Bonchev–Trinajstić information content (AvgIpc) is 2.45. The zero-order valence-electron chi connectivity index (χ0n) is 11.2. The predicted octanol–water partition coefficient (Wildman–Crippen LogP) is 2.72. The number of nitrogens with two attached hydrogens (primary N) is 2. The van der Waals surface area contributed by atoms with Crippen LogP contribution in [0.5, 0.6) is 0 Å². The van der Waals surface area contributed by atoms with Crippen LogP contribution in [-0.4, -0.2) is 20.4 Å². The molecule has 0 fully saturated rings. The molecule has 0 aliphatic heterocycles. The van der Waals surface area contributed by atoms with Gasteiger partial charge >= 0.3 is 0 Å². The number of hydrogen-bond acceptors (Lipinski definition) is 6. The fourth-order valence-electron chi connectivity index (χ4n) is 0.788. The predicted molar refractivity (Wildman–Crippen MR) is 86.6 cm³/mol. The van der Waals surface area contributed by atoms with E-state index in [-0.39, 0.29) is 0 Å². The van der Waals surface area contributed by atoms with Crippen molar-refractivity contribution in [2.75, 3.05) is 11.5 Å². The van der Waals surface area contributed by atoms with Crippen molar-refractivity contribution in [2.24, 2.45) is 0 Å². The average molecular weight is 337 g/mol. The first-order valence-corrected chi connectivity index (χ1v) is 6.36. The van der Waals surface area contributed by atoms with Crippen molar-refractivity contribution in [3.63, 3.8) is 0 Å². The zero-order chi connectivity index (χ0) is 15.4. The molecule has 6 nitrogen and oxygen atoms in total. The Morgan fingerprint density at radius 1 is 0.950 bits per heavy atom. The molecule has 0 aromatic carbocycles. The number of halogens is 1. The third-order valence-corrected chi connectivity index (χ3v) is 1.99. The van der Waals surface area contributed by atoms with Crippen LogP contribution < -0.4 is 11.5 Å². The van der Waals surface area contributed by atoms with Gasteiger partial charge in [-0.2, -0.15) is 0 Å². The van der Waals surface area contributed by atoms with Crippen LogP contribution in [0.4, 0.5) is 11.6 Å². The molecule has 0 amide bonds. The van der Waals surface area contributed by atoms with Gasteiger partial charge in [-0.25, -0.2) is 0 Å². The molecule has 7 heteroatoms. The molecule has 2 rings (SSSR count). The van der Waals surface area contributed by atoms with Gasteiger partial charge in [0.2, 0.25) is 0 Å². The molecule has 0 radical (unpaired) electrons. The van der Waals surface area contributed by atoms with E-state index in [4.69, 9.17) is 11.5 Å². The Morgan fingerprint density at radius 3 is 1.75 bits per heavy atom. The minimum absolute atomic E-state index is 0.431. The second kappa shape index (κ2) is 10.6. The van der Waals surface area contributed by atoms with Crippen molar-refractivity contribution in [3.8, 4) is 0 Å². The van der Waals surface area contributed by atoms with Gasteiger partial charge in [-0.3, -0.25) is 0 Å². The Morgan fingerprint density at radius 2 is 1.45 bits per heavy atom. The van der Waals surface area contributed by atoms with E-state index in [9.17, 15) is 0 Å². The Balaban J connectivity index is 0.000000304. The lowest BCUT2D eigenvalue weighted by molar-refractivity contribution is 1.02. The smallest absolute Gasteiger partial charge is 0.146 e. The quantitative estimate of drug-likeness (QED) is 0.776. The normalized spacial score (nSPS) is 8.30. The zero-order valence-corrected chi connectivity index (χ0v) is 12.8. The van der Waals surface area contributed by atoms with Gasteiger partial charge in [-0.1, -0.05) is 12.7 Å². The molecular weight excluding hydrogens is 320 g/mol. The summed E-state index contributed by atoms with van der Waals surface area (Å²) in [7, 11) is 0. The molecule has 2 aromatic rings. The fraction of sp³-hybridized carbons (Fsp3) is 0.0769. The molecule has 2 aromatic heterocycles. The summed E-state index contributed by atoms with van der Waals surface area (Å²) in [4.78, 5) is 0. The molecule has 0 aliphatic carbocycles. The highest BCUT2D eigenvalue weighted by Crippen LogP contribution is 2.03. The lowest BCUT2D eigenvalue weighted by Gasteiger charge is -1.89. The van der Waals surface area contributed by atoms with E-state index in [0.717, 1.165) is 5.69 Å². The molecule has 0 aliphatic rings. The molecule has 0 saturated carbocycles. The van der Waals surface area contributed by atoms with Gasteiger partial charge in [-0.05, 0) is 53.2 Å². The van der Waals surface area contributed by atoms with E-state index >= 15 is 0 Å². The molecular formula is C13H17BrN6.